The van der Waals surface area contributed by atoms with Crippen LogP contribution in [0.15, 0.2) is 30.3 Å². The van der Waals surface area contributed by atoms with Crippen molar-refractivity contribution in [2.75, 3.05) is 65.6 Å². The summed E-state index contributed by atoms with van der Waals surface area (Å²) in [7, 11) is 0. The zero-order chi connectivity index (χ0) is 19.1. The SMILES string of the molecule is CC(C)(CNC(=O)CN1CCN(Cc2ccccc2)CC1)N1CCOCC1. The third-order valence-electron chi connectivity index (χ3n) is 5.67. The first-order valence-corrected chi connectivity index (χ1v) is 10.1. The van der Waals surface area contributed by atoms with Crippen molar-refractivity contribution in [2.45, 2.75) is 25.9 Å². The monoisotopic (exact) mass is 374 g/mol. The molecule has 0 atom stereocenters. The molecule has 3 rings (SSSR count). The Balaban J connectivity index is 1.35. The molecule has 0 bridgehead atoms. The van der Waals surface area contributed by atoms with Crippen molar-refractivity contribution >= 4 is 5.91 Å². The van der Waals surface area contributed by atoms with Crippen molar-refractivity contribution in [3.05, 3.63) is 35.9 Å². The van der Waals surface area contributed by atoms with Gasteiger partial charge in [0, 0.05) is 57.9 Å². The van der Waals surface area contributed by atoms with Gasteiger partial charge in [0.05, 0.1) is 19.8 Å². The predicted octanol–water partition coefficient (Wildman–Crippen LogP) is 1.03. The summed E-state index contributed by atoms with van der Waals surface area (Å²) in [5.41, 5.74) is 1.32. The van der Waals surface area contributed by atoms with E-state index >= 15 is 0 Å². The van der Waals surface area contributed by atoms with Gasteiger partial charge in [-0.05, 0) is 19.4 Å². The number of ether oxygens (including phenoxy) is 1. The number of carbonyl (C=O) groups is 1. The van der Waals surface area contributed by atoms with Gasteiger partial charge in [-0.2, -0.15) is 0 Å². The van der Waals surface area contributed by atoms with Gasteiger partial charge in [0.1, 0.15) is 0 Å². The fraction of sp³-hybridized carbons (Fsp3) is 0.667. The molecule has 6 heteroatoms. The quantitative estimate of drug-likeness (QED) is 0.773. The van der Waals surface area contributed by atoms with Crippen molar-refractivity contribution in [3.8, 4) is 0 Å². The van der Waals surface area contributed by atoms with Crippen LogP contribution in [-0.2, 0) is 16.1 Å². The number of piperazine rings is 1. The van der Waals surface area contributed by atoms with Gasteiger partial charge < -0.3 is 10.1 Å². The van der Waals surface area contributed by atoms with E-state index in [1.165, 1.54) is 5.56 Å². The van der Waals surface area contributed by atoms with Crippen LogP contribution in [0.25, 0.3) is 0 Å². The second-order valence-electron chi connectivity index (χ2n) is 8.23. The highest BCUT2D eigenvalue weighted by molar-refractivity contribution is 5.78. The van der Waals surface area contributed by atoms with Crippen LogP contribution in [0, 0.1) is 0 Å². The number of nitrogens with one attached hydrogen (secondary N) is 1. The Bertz CT molecular complexity index is 579. The molecule has 2 aliphatic heterocycles. The minimum atomic E-state index is -0.0339. The highest BCUT2D eigenvalue weighted by Gasteiger charge is 2.29. The van der Waals surface area contributed by atoms with Gasteiger partial charge in [-0.15, -0.1) is 0 Å². The molecule has 1 amide bonds. The molecule has 0 unspecified atom stereocenters. The Morgan fingerprint density at radius 1 is 1.00 bits per heavy atom. The summed E-state index contributed by atoms with van der Waals surface area (Å²) in [5, 5.41) is 3.14. The van der Waals surface area contributed by atoms with Crippen molar-refractivity contribution < 1.29 is 9.53 Å². The highest BCUT2D eigenvalue weighted by Crippen LogP contribution is 2.15. The van der Waals surface area contributed by atoms with Crippen molar-refractivity contribution in [1.29, 1.82) is 0 Å². The number of amides is 1. The fourth-order valence-electron chi connectivity index (χ4n) is 3.80. The van der Waals surface area contributed by atoms with Crippen molar-refractivity contribution in [3.63, 3.8) is 0 Å². The van der Waals surface area contributed by atoms with Gasteiger partial charge in [-0.3, -0.25) is 19.5 Å². The standard InChI is InChI=1S/C21H34N4O2/c1-21(2,25-12-14-27-15-13-25)18-22-20(26)17-24-10-8-23(9-11-24)16-19-6-4-3-5-7-19/h3-7H,8-18H2,1-2H3,(H,22,26). The van der Waals surface area contributed by atoms with E-state index in [1.807, 2.05) is 0 Å². The maximum atomic E-state index is 12.4. The van der Waals surface area contributed by atoms with Gasteiger partial charge in [0.15, 0.2) is 0 Å². The predicted molar refractivity (Wildman–Crippen MR) is 108 cm³/mol. The molecule has 0 aliphatic carbocycles. The topological polar surface area (TPSA) is 48.1 Å². The normalized spacial score (nSPS) is 20.5. The molecule has 6 nitrogen and oxygen atoms in total. The maximum Gasteiger partial charge on any atom is 0.234 e. The molecule has 1 aromatic carbocycles. The second-order valence-corrected chi connectivity index (χ2v) is 8.23. The van der Waals surface area contributed by atoms with Crippen LogP contribution in [0.1, 0.15) is 19.4 Å². The van der Waals surface area contributed by atoms with Gasteiger partial charge in [-0.25, -0.2) is 0 Å². The molecule has 2 heterocycles. The summed E-state index contributed by atoms with van der Waals surface area (Å²) in [6, 6.07) is 10.6. The van der Waals surface area contributed by atoms with Crippen LogP contribution in [0.4, 0.5) is 0 Å². The lowest BCUT2D eigenvalue weighted by atomic mass is 10.0. The lowest BCUT2D eigenvalue weighted by Crippen LogP contribution is -2.56. The maximum absolute atomic E-state index is 12.4. The molecule has 0 radical (unpaired) electrons. The van der Waals surface area contributed by atoms with E-state index in [-0.39, 0.29) is 11.4 Å². The number of nitrogens with zero attached hydrogens (tertiary/aromatic N) is 3. The van der Waals surface area contributed by atoms with Crippen LogP contribution in [0.2, 0.25) is 0 Å². The largest absolute Gasteiger partial charge is 0.379 e. The summed E-state index contributed by atoms with van der Waals surface area (Å²) in [5.74, 6) is 0.132. The van der Waals surface area contributed by atoms with E-state index in [4.69, 9.17) is 4.74 Å². The molecule has 0 spiro atoms. The van der Waals surface area contributed by atoms with Gasteiger partial charge >= 0.3 is 0 Å². The summed E-state index contributed by atoms with van der Waals surface area (Å²) >= 11 is 0. The molecule has 1 aromatic rings. The zero-order valence-corrected chi connectivity index (χ0v) is 16.8. The Kier molecular flexibility index (Phi) is 7.24. The van der Waals surface area contributed by atoms with E-state index in [1.54, 1.807) is 0 Å². The summed E-state index contributed by atoms with van der Waals surface area (Å²) < 4.78 is 5.43. The first-order chi connectivity index (χ1) is 13.0. The van der Waals surface area contributed by atoms with Crippen LogP contribution in [0.5, 0.6) is 0 Å². The summed E-state index contributed by atoms with van der Waals surface area (Å²) in [4.78, 5) is 19.5. The molecular weight excluding hydrogens is 340 g/mol. The molecule has 150 valence electrons. The van der Waals surface area contributed by atoms with E-state index in [9.17, 15) is 4.79 Å². The Morgan fingerprint density at radius 2 is 1.63 bits per heavy atom. The average Bonchev–Trinajstić information content (AvgIpc) is 2.70. The molecule has 1 N–H and O–H groups in total. The van der Waals surface area contributed by atoms with Gasteiger partial charge in [-0.1, -0.05) is 30.3 Å². The first kappa shape index (κ1) is 20.3. The van der Waals surface area contributed by atoms with Crippen LogP contribution in [-0.4, -0.2) is 91.7 Å². The minimum Gasteiger partial charge on any atom is -0.379 e. The highest BCUT2D eigenvalue weighted by atomic mass is 16.5. The van der Waals surface area contributed by atoms with E-state index in [0.717, 1.165) is 59.0 Å². The number of carbonyl (C=O) groups excluding carboxylic acids is 1. The number of hydrogen-bond acceptors (Lipinski definition) is 5. The number of hydrogen-bond donors (Lipinski definition) is 1. The summed E-state index contributed by atoms with van der Waals surface area (Å²) in [6.45, 7) is 13.9. The Labute approximate surface area is 163 Å². The molecular formula is C21H34N4O2. The molecule has 0 saturated carbocycles. The van der Waals surface area contributed by atoms with Gasteiger partial charge in [0.2, 0.25) is 5.91 Å². The third kappa shape index (κ3) is 6.28. The fourth-order valence-corrected chi connectivity index (χ4v) is 3.80. The number of rotatable bonds is 7. The third-order valence-corrected chi connectivity index (χ3v) is 5.67. The molecule has 2 saturated heterocycles. The van der Waals surface area contributed by atoms with Gasteiger partial charge in [0.25, 0.3) is 0 Å². The van der Waals surface area contributed by atoms with Crippen molar-refractivity contribution in [2.24, 2.45) is 0 Å². The molecule has 2 aliphatic rings. The first-order valence-electron chi connectivity index (χ1n) is 10.1. The summed E-state index contributed by atoms with van der Waals surface area (Å²) in [6.07, 6.45) is 0. The Morgan fingerprint density at radius 3 is 2.30 bits per heavy atom. The molecule has 0 aromatic heterocycles. The van der Waals surface area contributed by atoms with Crippen LogP contribution >= 0.6 is 0 Å². The lowest BCUT2D eigenvalue weighted by molar-refractivity contribution is -0.123. The Hall–Kier alpha value is -1.47. The van der Waals surface area contributed by atoms with E-state index < -0.39 is 0 Å². The van der Waals surface area contributed by atoms with Crippen molar-refractivity contribution in [1.82, 2.24) is 20.0 Å². The van der Waals surface area contributed by atoms with E-state index in [0.29, 0.717) is 13.1 Å². The zero-order valence-electron chi connectivity index (χ0n) is 16.8. The minimum absolute atomic E-state index is 0.0339. The average molecular weight is 375 g/mol. The molecule has 2 fully saturated rings. The van der Waals surface area contributed by atoms with Crippen LogP contribution < -0.4 is 5.32 Å². The smallest absolute Gasteiger partial charge is 0.234 e. The number of benzene rings is 1. The lowest BCUT2D eigenvalue weighted by Gasteiger charge is -2.41. The number of morpholine rings is 1. The molecule has 27 heavy (non-hydrogen) atoms. The second kappa shape index (κ2) is 9.64. The van der Waals surface area contributed by atoms with Crippen LogP contribution in [0.3, 0.4) is 0 Å². The van der Waals surface area contributed by atoms with E-state index in [2.05, 4.69) is 64.2 Å².